The second-order valence-corrected chi connectivity index (χ2v) is 6.91. The van der Waals surface area contributed by atoms with E-state index in [1.807, 2.05) is 18.2 Å². The number of amides is 1. The molecule has 1 rings (SSSR count). The van der Waals surface area contributed by atoms with E-state index in [0.29, 0.717) is 25.2 Å². The molecule has 142 valence electrons. The maximum absolute atomic E-state index is 11.6. The Morgan fingerprint density at radius 2 is 1.64 bits per heavy atom. The molecule has 0 spiro atoms. The summed E-state index contributed by atoms with van der Waals surface area (Å²) in [5, 5.41) is 2.91. The monoisotopic (exact) mass is 367 g/mol. The number of hydrogen-bond acceptors (Lipinski definition) is 4. The van der Waals surface area contributed by atoms with Crippen molar-refractivity contribution in [1.82, 2.24) is 5.32 Å². The lowest BCUT2D eigenvalue weighted by Gasteiger charge is -2.06. The van der Waals surface area contributed by atoms with E-state index < -0.39 is 0 Å². The standard InChI is InChI=1S/C20H33NO3S/c22-19(14-17-25)21-15-10-6-4-2-1-3-5-7-11-16-24-20(23)18-12-8-9-13-18/h8-9,12,25H,1-7,10-11,13-17H2,(H,21,22). The minimum atomic E-state index is -0.160. The molecule has 0 aromatic rings. The quantitative estimate of drug-likeness (QED) is 0.257. The van der Waals surface area contributed by atoms with Gasteiger partial charge in [-0.1, -0.05) is 63.2 Å². The molecule has 0 aromatic heterocycles. The first-order chi connectivity index (χ1) is 12.2. The van der Waals surface area contributed by atoms with Gasteiger partial charge in [-0.05, 0) is 25.0 Å². The number of nitrogens with one attached hydrogen (secondary N) is 1. The van der Waals surface area contributed by atoms with Crippen LogP contribution in [0.15, 0.2) is 23.8 Å². The van der Waals surface area contributed by atoms with Gasteiger partial charge in [0.25, 0.3) is 0 Å². The summed E-state index contributed by atoms with van der Waals surface area (Å²) in [5.74, 6) is 0.563. The second-order valence-electron chi connectivity index (χ2n) is 6.47. The second kappa shape index (κ2) is 15.1. The van der Waals surface area contributed by atoms with E-state index in [1.54, 1.807) is 0 Å². The van der Waals surface area contributed by atoms with E-state index in [4.69, 9.17) is 4.74 Å². The Balaban J connectivity index is 1.76. The number of hydrogen-bond donors (Lipinski definition) is 2. The summed E-state index contributed by atoms with van der Waals surface area (Å²) in [7, 11) is 0. The molecule has 0 unspecified atom stereocenters. The Morgan fingerprint density at radius 1 is 1.00 bits per heavy atom. The third kappa shape index (κ3) is 11.9. The molecule has 0 radical (unpaired) electrons. The van der Waals surface area contributed by atoms with Crippen molar-refractivity contribution in [2.24, 2.45) is 0 Å². The number of thiol groups is 1. The first-order valence-electron chi connectivity index (χ1n) is 9.64. The SMILES string of the molecule is O=C(CCS)NCCCCCCCCCCCOC(=O)C1=CC=CC1. The fourth-order valence-corrected chi connectivity index (χ4v) is 2.94. The zero-order chi connectivity index (χ0) is 18.2. The van der Waals surface area contributed by atoms with Crippen LogP contribution in [0.5, 0.6) is 0 Å². The fraction of sp³-hybridized carbons (Fsp3) is 0.700. The smallest absolute Gasteiger partial charge is 0.334 e. The van der Waals surface area contributed by atoms with Gasteiger partial charge < -0.3 is 10.1 Å². The molecule has 0 aromatic carbocycles. The zero-order valence-electron chi connectivity index (χ0n) is 15.3. The van der Waals surface area contributed by atoms with Crippen LogP contribution < -0.4 is 5.32 Å². The molecule has 0 aliphatic heterocycles. The average molecular weight is 368 g/mol. The molecule has 1 aliphatic carbocycles. The summed E-state index contributed by atoms with van der Waals surface area (Å²) in [5.41, 5.74) is 0.765. The predicted octanol–water partition coefficient (Wildman–Crippen LogP) is 4.36. The van der Waals surface area contributed by atoms with Gasteiger partial charge in [-0.2, -0.15) is 12.6 Å². The van der Waals surface area contributed by atoms with Crippen molar-refractivity contribution >= 4 is 24.5 Å². The molecule has 0 fully saturated rings. The molecule has 0 bridgehead atoms. The highest BCUT2D eigenvalue weighted by molar-refractivity contribution is 7.80. The van der Waals surface area contributed by atoms with Crippen LogP contribution in [-0.2, 0) is 14.3 Å². The largest absolute Gasteiger partial charge is 0.462 e. The van der Waals surface area contributed by atoms with E-state index >= 15 is 0 Å². The minimum Gasteiger partial charge on any atom is -0.462 e. The number of rotatable bonds is 15. The van der Waals surface area contributed by atoms with Crippen molar-refractivity contribution in [2.75, 3.05) is 18.9 Å². The molecular formula is C20H33NO3S. The molecule has 0 saturated heterocycles. The lowest BCUT2D eigenvalue weighted by atomic mass is 10.1. The molecule has 25 heavy (non-hydrogen) atoms. The van der Waals surface area contributed by atoms with Crippen LogP contribution in [0.1, 0.15) is 70.6 Å². The van der Waals surface area contributed by atoms with Crippen LogP contribution in [0.4, 0.5) is 0 Å². The van der Waals surface area contributed by atoms with Gasteiger partial charge in [-0.25, -0.2) is 4.79 Å². The lowest BCUT2D eigenvalue weighted by molar-refractivity contribution is -0.139. The van der Waals surface area contributed by atoms with Crippen molar-refractivity contribution < 1.29 is 14.3 Å². The maximum atomic E-state index is 11.6. The molecule has 0 saturated carbocycles. The lowest BCUT2D eigenvalue weighted by Crippen LogP contribution is -2.24. The van der Waals surface area contributed by atoms with Gasteiger partial charge in [0.2, 0.25) is 5.91 Å². The molecule has 5 heteroatoms. The van der Waals surface area contributed by atoms with E-state index in [-0.39, 0.29) is 11.9 Å². The number of allylic oxidation sites excluding steroid dienone is 3. The number of ether oxygens (including phenoxy) is 1. The van der Waals surface area contributed by atoms with Crippen LogP contribution in [0.25, 0.3) is 0 Å². The van der Waals surface area contributed by atoms with E-state index in [9.17, 15) is 9.59 Å². The molecule has 1 amide bonds. The Kier molecular flexibility index (Phi) is 13.1. The van der Waals surface area contributed by atoms with Crippen molar-refractivity contribution in [3.63, 3.8) is 0 Å². The van der Waals surface area contributed by atoms with Gasteiger partial charge >= 0.3 is 5.97 Å². The van der Waals surface area contributed by atoms with E-state index in [1.165, 1.54) is 38.5 Å². The first-order valence-corrected chi connectivity index (χ1v) is 10.3. The summed E-state index contributed by atoms with van der Waals surface area (Å²) in [6.07, 6.45) is 17.5. The van der Waals surface area contributed by atoms with Crippen molar-refractivity contribution in [2.45, 2.75) is 70.6 Å². The van der Waals surface area contributed by atoms with Crippen LogP contribution in [0, 0.1) is 0 Å². The summed E-state index contributed by atoms with van der Waals surface area (Å²) < 4.78 is 5.26. The molecule has 0 atom stereocenters. The zero-order valence-corrected chi connectivity index (χ0v) is 16.2. The normalized spacial score (nSPS) is 12.9. The average Bonchev–Trinajstić information content (AvgIpc) is 3.13. The van der Waals surface area contributed by atoms with Gasteiger partial charge in [0.15, 0.2) is 0 Å². The third-order valence-corrected chi connectivity index (χ3v) is 4.47. The van der Waals surface area contributed by atoms with Gasteiger partial charge in [0, 0.05) is 18.5 Å². The summed E-state index contributed by atoms with van der Waals surface area (Å²) >= 11 is 4.04. The Morgan fingerprint density at radius 3 is 2.24 bits per heavy atom. The number of carbonyl (C=O) groups is 2. The van der Waals surface area contributed by atoms with Gasteiger partial charge in [0.1, 0.15) is 0 Å². The topological polar surface area (TPSA) is 55.4 Å². The van der Waals surface area contributed by atoms with Crippen molar-refractivity contribution in [3.05, 3.63) is 23.8 Å². The highest BCUT2D eigenvalue weighted by atomic mass is 32.1. The third-order valence-electron chi connectivity index (χ3n) is 4.25. The fourth-order valence-electron chi connectivity index (χ4n) is 2.74. The number of unbranched alkanes of at least 4 members (excludes halogenated alkanes) is 8. The Hall–Kier alpha value is -1.23. The maximum Gasteiger partial charge on any atom is 0.334 e. The Labute approximate surface area is 157 Å². The van der Waals surface area contributed by atoms with Crippen LogP contribution in [0.2, 0.25) is 0 Å². The van der Waals surface area contributed by atoms with Gasteiger partial charge in [0.05, 0.1) is 6.61 Å². The van der Waals surface area contributed by atoms with Gasteiger partial charge in [-0.15, -0.1) is 0 Å². The first kappa shape index (κ1) is 21.8. The van der Waals surface area contributed by atoms with Crippen molar-refractivity contribution in [3.8, 4) is 0 Å². The summed E-state index contributed by atoms with van der Waals surface area (Å²) in [6.45, 7) is 1.33. The number of esters is 1. The summed E-state index contributed by atoms with van der Waals surface area (Å²) in [6, 6.07) is 0. The van der Waals surface area contributed by atoms with Crippen LogP contribution >= 0.6 is 12.6 Å². The molecule has 1 aliphatic rings. The molecule has 1 N–H and O–H groups in total. The molecular weight excluding hydrogens is 334 g/mol. The number of carbonyl (C=O) groups excluding carboxylic acids is 2. The predicted molar refractivity (Wildman–Crippen MR) is 106 cm³/mol. The van der Waals surface area contributed by atoms with Gasteiger partial charge in [-0.3, -0.25) is 4.79 Å². The minimum absolute atomic E-state index is 0.109. The highest BCUT2D eigenvalue weighted by Crippen LogP contribution is 2.13. The summed E-state index contributed by atoms with van der Waals surface area (Å²) in [4.78, 5) is 22.9. The van der Waals surface area contributed by atoms with E-state index in [0.717, 1.165) is 31.4 Å². The molecule has 0 heterocycles. The van der Waals surface area contributed by atoms with E-state index in [2.05, 4.69) is 17.9 Å². The highest BCUT2D eigenvalue weighted by Gasteiger charge is 2.10. The van der Waals surface area contributed by atoms with Crippen molar-refractivity contribution in [1.29, 1.82) is 0 Å². The van der Waals surface area contributed by atoms with Crippen LogP contribution in [0.3, 0.4) is 0 Å². The van der Waals surface area contributed by atoms with Crippen LogP contribution in [-0.4, -0.2) is 30.8 Å². The molecule has 4 nitrogen and oxygen atoms in total. The Bertz CT molecular complexity index is 446.